The average Bonchev–Trinajstić information content (AvgIpc) is 3.02. The summed E-state index contributed by atoms with van der Waals surface area (Å²) in [6.45, 7) is 13.5. The molecule has 3 nitrogen and oxygen atoms in total. The molecule has 0 radical (unpaired) electrons. The number of ether oxygens (including phenoxy) is 1. The van der Waals surface area contributed by atoms with Crippen LogP contribution in [0.25, 0.3) is 11.0 Å². The highest BCUT2D eigenvalue weighted by Crippen LogP contribution is 2.23. The molecular formula is C24H39IN2O. The Kier molecular flexibility index (Phi) is 11.8. The highest BCUT2D eigenvalue weighted by Gasteiger charge is 2.20. The number of benzene rings is 1. The van der Waals surface area contributed by atoms with Gasteiger partial charge in [0.1, 0.15) is 5.75 Å². The van der Waals surface area contributed by atoms with Crippen molar-refractivity contribution in [3.63, 3.8) is 0 Å². The van der Waals surface area contributed by atoms with Gasteiger partial charge in [-0.1, -0.05) is 38.2 Å². The molecule has 4 heteroatoms. The van der Waals surface area contributed by atoms with Crippen molar-refractivity contribution in [1.82, 2.24) is 4.57 Å². The fraction of sp³-hybridized carbons (Fsp3) is 0.625. The summed E-state index contributed by atoms with van der Waals surface area (Å²) in [5, 5.41) is 0. The Morgan fingerprint density at radius 2 is 1.64 bits per heavy atom. The lowest BCUT2D eigenvalue weighted by atomic mass is 10.1. The molecule has 0 saturated carbocycles. The molecule has 28 heavy (non-hydrogen) atoms. The van der Waals surface area contributed by atoms with Crippen molar-refractivity contribution >= 4 is 11.0 Å². The molecule has 0 saturated heterocycles. The minimum absolute atomic E-state index is 0. The van der Waals surface area contributed by atoms with E-state index >= 15 is 0 Å². The second-order valence-electron chi connectivity index (χ2n) is 8.17. The largest absolute Gasteiger partial charge is 1.00 e. The fourth-order valence-electron chi connectivity index (χ4n) is 3.56. The van der Waals surface area contributed by atoms with Gasteiger partial charge in [-0.15, -0.1) is 6.58 Å². The normalized spacial score (nSPS) is 11.2. The maximum absolute atomic E-state index is 6.04. The molecule has 0 aliphatic heterocycles. The van der Waals surface area contributed by atoms with Crippen LogP contribution in [0.4, 0.5) is 0 Å². The van der Waals surface area contributed by atoms with Crippen molar-refractivity contribution in [2.24, 2.45) is 0 Å². The fourth-order valence-corrected chi connectivity index (χ4v) is 3.56. The Balaban J connectivity index is 0.00000392. The van der Waals surface area contributed by atoms with Gasteiger partial charge in [-0.3, -0.25) is 0 Å². The first-order chi connectivity index (χ1) is 13.0. The number of aromatic nitrogens is 2. The molecule has 0 aliphatic rings. The zero-order valence-corrected chi connectivity index (χ0v) is 20.5. The number of hydrogen-bond acceptors (Lipinski definition) is 1. The first kappa shape index (κ1) is 25.0. The van der Waals surface area contributed by atoms with Crippen molar-refractivity contribution < 1.29 is 33.3 Å². The van der Waals surface area contributed by atoms with Crippen LogP contribution in [0.1, 0.15) is 91.1 Å². The van der Waals surface area contributed by atoms with Crippen LogP contribution in [-0.2, 0) is 0 Å². The molecule has 0 atom stereocenters. The Labute approximate surface area is 189 Å². The van der Waals surface area contributed by atoms with Crippen LogP contribution in [-0.4, -0.2) is 11.2 Å². The smallest absolute Gasteiger partial charge is 0.245 e. The Morgan fingerprint density at radius 3 is 2.25 bits per heavy atom. The van der Waals surface area contributed by atoms with Gasteiger partial charge in [-0.25, -0.2) is 9.13 Å². The first-order valence-corrected chi connectivity index (χ1v) is 10.8. The summed E-state index contributed by atoms with van der Waals surface area (Å²) in [6, 6.07) is 7.41. The lowest BCUT2D eigenvalue weighted by molar-refractivity contribution is -0.692. The van der Waals surface area contributed by atoms with E-state index < -0.39 is 0 Å². The second-order valence-corrected chi connectivity index (χ2v) is 8.17. The molecule has 0 N–H and O–H groups in total. The van der Waals surface area contributed by atoms with Gasteiger partial charge < -0.3 is 28.7 Å². The number of fused-ring (bicyclic) bond motifs is 1. The van der Waals surface area contributed by atoms with Crippen LogP contribution in [0.15, 0.2) is 37.2 Å². The molecule has 0 fully saturated rings. The number of rotatable bonds is 13. The van der Waals surface area contributed by atoms with Crippen LogP contribution in [0.2, 0.25) is 0 Å². The van der Waals surface area contributed by atoms with Gasteiger partial charge in [0.05, 0.1) is 18.7 Å². The lowest BCUT2D eigenvalue weighted by Crippen LogP contribution is -3.00. The van der Waals surface area contributed by atoms with Gasteiger partial charge in [0.15, 0.2) is 11.0 Å². The quantitative estimate of drug-likeness (QED) is 0.178. The van der Waals surface area contributed by atoms with E-state index in [0.29, 0.717) is 12.1 Å². The van der Waals surface area contributed by atoms with Gasteiger partial charge in [0.2, 0.25) is 6.33 Å². The average molecular weight is 498 g/mol. The summed E-state index contributed by atoms with van der Waals surface area (Å²) in [6.07, 6.45) is 14.5. The molecule has 158 valence electrons. The maximum Gasteiger partial charge on any atom is 0.245 e. The molecule has 1 heterocycles. The SMILES string of the molecule is C=CCCCCCCCCCOc1ccc2c(c1)n(C(C)C)c[n+]2C(C)C.[I-]. The summed E-state index contributed by atoms with van der Waals surface area (Å²) >= 11 is 0. The van der Waals surface area contributed by atoms with Gasteiger partial charge in [-0.2, -0.15) is 0 Å². The number of allylic oxidation sites excluding steroid dienone is 1. The van der Waals surface area contributed by atoms with E-state index in [-0.39, 0.29) is 24.0 Å². The highest BCUT2D eigenvalue weighted by molar-refractivity contribution is 5.74. The number of unbranched alkanes of at least 4 members (excludes halogenated alkanes) is 7. The van der Waals surface area contributed by atoms with Gasteiger partial charge in [0.25, 0.3) is 0 Å². The third kappa shape index (κ3) is 7.41. The van der Waals surface area contributed by atoms with Crippen LogP contribution in [0.5, 0.6) is 5.75 Å². The van der Waals surface area contributed by atoms with Crippen molar-refractivity contribution in [1.29, 1.82) is 0 Å². The summed E-state index contributed by atoms with van der Waals surface area (Å²) in [5.74, 6) is 0.989. The van der Waals surface area contributed by atoms with E-state index in [0.717, 1.165) is 25.2 Å². The third-order valence-corrected chi connectivity index (χ3v) is 5.19. The standard InChI is InChI=1S/C24H39N2O.HI/c1-6-7-8-9-10-11-12-13-14-17-27-22-15-16-23-24(18-22)26(21(4)5)19-25(23)20(2)3;/h6,15-16,18-21H,1,7-14,17H2,2-5H3;1H/q+1;/p-1. The summed E-state index contributed by atoms with van der Waals surface area (Å²) in [7, 11) is 0. The predicted octanol–water partition coefficient (Wildman–Crippen LogP) is 3.78. The Hall–Kier alpha value is -1.04. The van der Waals surface area contributed by atoms with Crippen LogP contribution in [0, 0.1) is 0 Å². The zero-order valence-electron chi connectivity index (χ0n) is 18.3. The Morgan fingerprint density at radius 1 is 1.00 bits per heavy atom. The molecule has 1 aromatic carbocycles. The lowest BCUT2D eigenvalue weighted by Gasteiger charge is -2.07. The summed E-state index contributed by atoms with van der Waals surface area (Å²) in [5.41, 5.74) is 2.54. The molecule has 2 rings (SSSR count). The number of hydrogen-bond donors (Lipinski definition) is 0. The Bertz CT molecular complexity index is 706. The van der Waals surface area contributed by atoms with E-state index in [4.69, 9.17) is 4.74 Å². The second kappa shape index (κ2) is 13.2. The monoisotopic (exact) mass is 498 g/mol. The number of imidazole rings is 1. The first-order valence-electron chi connectivity index (χ1n) is 10.8. The van der Waals surface area contributed by atoms with Gasteiger partial charge in [-0.05, 0) is 59.1 Å². The van der Waals surface area contributed by atoms with E-state index in [1.54, 1.807) is 0 Å². The molecule has 0 amide bonds. The van der Waals surface area contributed by atoms with E-state index in [2.05, 4.69) is 67.9 Å². The molecule has 2 aromatic rings. The summed E-state index contributed by atoms with van der Waals surface area (Å²) in [4.78, 5) is 0. The third-order valence-electron chi connectivity index (χ3n) is 5.19. The van der Waals surface area contributed by atoms with Crippen LogP contribution >= 0.6 is 0 Å². The van der Waals surface area contributed by atoms with E-state index in [1.165, 1.54) is 49.6 Å². The molecule has 1 aromatic heterocycles. The van der Waals surface area contributed by atoms with Gasteiger partial charge in [0, 0.05) is 6.07 Å². The van der Waals surface area contributed by atoms with Crippen LogP contribution < -0.4 is 33.3 Å². The van der Waals surface area contributed by atoms with Crippen molar-refractivity contribution in [2.75, 3.05) is 6.61 Å². The topological polar surface area (TPSA) is 18.0 Å². The molecule has 0 spiro atoms. The minimum atomic E-state index is 0. The number of halogens is 1. The minimum Gasteiger partial charge on any atom is -1.00 e. The van der Waals surface area contributed by atoms with Gasteiger partial charge >= 0.3 is 0 Å². The summed E-state index contributed by atoms with van der Waals surface area (Å²) < 4.78 is 10.7. The van der Waals surface area contributed by atoms with Crippen molar-refractivity contribution in [3.05, 3.63) is 37.2 Å². The highest BCUT2D eigenvalue weighted by atomic mass is 127. The van der Waals surface area contributed by atoms with Crippen molar-refractivity contribution in [2.45, 2.75) is 91.1 Å². The zero-order chi connectivity index (χ0) is 19.6. The molecular weight excluding hydrogens is 459 g/mol. The van der Waals surface area contributed by atoms with E-state index in [9.17, 15) is 0 Å². The predicted molar refractivity (Wildman–Crippen MR) is 116 cm³/mol. The maximum atomic E-state index is 6.04. The molecule has 0 bridgehead atoms. The van der Waals surface area contributed by atoms with Crippen LogP contribution in [0.3, 0.4) is 0 Å². The van der Waals surface area contributed by atoms with E-state index in [1.807, 2.05) is 6.08 Å². The molecule has 0 aliphatic carbocycles. The van der Waals surface area contributed by atoms with Crippen molar-refractivity contribution in [3.8, 4) is 5.75 Å². The molecule has 0 unspecified atom stereocenters. The number of nitrogens with zero attached hydrogens (tertiary/aromatic N) is 2.